The molecular formula is C23H23Cl3IN5O. The summed E-state index contributed by atoms with van der Waals surface area (Å²) in [6, 6.07) is 14.0. The van der Waals surface area contributed by atoms with Crippen LogP contribution < -0.4 is 10.3 Å². The maximum Gasteiger partial charge on any atom is 0.269 e. The number of piperidine rings is 1. The molecule has 1 N–H and O–H groups in total. The Balaban J connectivity index is 0.00000306. The summed E-state index contributed by atoms with van der Waals surface area (Å²) >= 11 is 18.6. The van der Waals surface area contributed by atoms with Gasteiger partial charge in [0.05, 0.1) is 29.5 Å². The number of nitrogens with zero attached hydrogens (tertiary/aromatic N) is 4. The van der Waals surface area contributed by atoms with E-state index in [1.54, 1.807) is 35.3 Å². The van der Waals surface area contributed by atoms with E-state index in [0.29, 0.717) is 27.4 Å². The lowest BCUT2D eigenvalue weighted by atomic mass is 9.90. The van der Waals surface area contributed by atoms with Gasteiger partial charge in [0.15, 0.2) is 0 Å². The molecule has 10 heteroatoms. The second-order valence-electron chi connectivity index (χ2n) is 7.87. The quantitative estimate of drug-likeness (QED) is 0.425. The van der Waals surface area contributed by atoms with E-state index in [1.807, 2.05) is 12.1 Å². The third-order valence-electron chi connectivity index (χ3n) is 5.74. The number of likely N-dealkylation sites (tertiary alicyclic amines) is 1. The number of halogens is 4. The number of nitriles is 1. The van der Waals surface area contributed by atoms with Gasteiger partial charge in [-0.2, -0.15) is 10.4 Å². The number of carbonyl (C=O) groups excluding carboxylic acids is 1. The predicted molar refractivity (Wildman–Crippen MR) is 144 cm³/mol. The molecule has 2 atom stereocenters. The Kier molecular flexibility index (Phi) is 9.25. The minimum Gasteiger partial charge on any atom is -0.338 e. The Bertz CT molecular complexity index is 1070. The van der Waals surface area contributed by atoms with Crippen LogP contribution in [-0.2, 0) is 4.79 Å². The number of benzene rings is 2. The molecule has 2 aliphatic heterocycles. The molecule has 0 spiro atoms. The Morgan fingerprint density at radius 1 is 1.06 bits per heavy atom. The molecular weight excluding hydrogens is 596 g/mol. The number of anilines is 1. The molecule has 2 aromatic carbocycles. The Morgan fingerprint density at radius 2 is 1.73 bits per heavy atom. The molecule has 0 radical (unpaired) electrons. The van der Waals surface area contributed by atoms with Crippen molar-refractivity contribution in [2.75, 3.05) is 24.8 Å². The van der Waals surface area contributed by atoms with Crippen LogP contribution in [0.5, 0.6) is 0 Å². The fourth-order valence-electron chi connectivity index (χ4n) is 4.11. The van der Waals surface area contributed by atoms with Gasteiger partial charge in [-0.25, -0.2) is 0 Å². The zero-order valence-electron chi connectivity index (χ0n) is 17.7. The fraction of sp³-hybridized carbons (Fsp3) is 0.348. The zero-order valence-corrected chi connectivity index (χ0v) is 22.3. The third kappa shape index (κ3) is 5.92. The molecule has 0 aromatic heterocycles. The first-order chi connectivity index (χ1) is 15.5. The van der Waals surface area contributed by atoms with E-state index in [0.717, 1.165) is 31.5 Å². The first-order valence-electron chi connectivity index (χ1n) is 10.5. The Labute approximate surface area is 225 Å². The lowest BCUT2D eigenvalue weighted by molar-refractivity contribution is -0.115. The molecule has 0 bridgehead atoms. The fourth-order valence-corrected chi connectivity index (χ4v) is 4.73. The molecule has 1 amide bonds. The van der Waals surface area contributed by atoms with Crippen LogP contribution in [0.25, 0.3) is 0 Å². The van der Waals surface area contributed by atoms with Crippen LogP contribution in [0.4, 0.5) is 5.69 Å². The van der Waals surface area contributed by atoms with Crippen molar-refractivity contribution in [3.63, 3.8) is 0 Å². The molecule has 0 saturated carbocycles. The van der Waals surface area contributed by atoms with Crippen LogP contribution in [0.1, 0.15) is 30.9 Å². The highest BCUT2D eigenvalue weighted by atomic mass is 127. The summed E-state index contributed by atoms with van der Waals surface area (Å²) in [5.41, 5.74) is 1.53. The lowest BCUT2D eigenvalue weighted by Crippen LogP contribution is -2.43. The molecule has 1 saturated heterocycles. The number of amides is 1. The van der Waals surface area contributed by atoms with Crippen LogP contribution >= 0.6 is 58.8 Å². The van der Waals surface area contributed by atoms with Crippen molar-refractivity contribution in [2.45, 2.75) is 25.3 Å². The second kappa shape index (κ2) is 11.7. The van der Waals surface area contributed by atoms with Gasteiger partial charge >= 0.3 is 0 Å². The monoisotopic (exact) mass is 617 g/mol. The van der Waals surface area contributed by atoms with E-state index >= 15 is 0 Å². The van der Waals surface area contributed by atoms with E-state index in [-0.39, 0.29) is 35.6 Å². The number of carbonyl (C=O) groups is 1. The standard InChI is InChI=1S/C23H22Cl3N5O.HI/c24-16-6-4-15(5-7-16)22-18(13-27)21(23(32)28-14-30-10-2-1-3-11-30)29-31(22)20-9-8-17(25)12-19(20)26;/h4-9,12,18,22H,1-3,10-11,14H2,(H,28,32);1H. The van der Waals surface area contributed by atoms with Gasteiger partial charge in [0, 0.05) is 10.0 Å². The maximum absolute atomic E-state index is 13.1. The highest BCUT2D eigenvalue weighted by Gasteiger charge is 2.43. The number of hydrogen-bond acceptors (Lipinski definition) is 5. The molecule has 174 valence electrons. The van der Waals surface area contributed by atoms with E-state index in [4.69, 9.17) is 34.8 Å². The van der Waals surface area contributed by atoms with Crippen LogP contribution in [0, 0.1) is 17.2 Å². The second-order valence-corrected chi connectivity index (χ2v) is 9.15. The van der Waals surface area contributed by atoms with Crippen molar-refractivity contribution in [3.8, 4) is 6.07 Å². The van der Waals surface area contributed by atoms with E-state index in [9.17, 15) is 10.1 Å². The first kappa shape index (κ1) is 26.0. The summed E-state index contributed by atoms with van der Waals surface area (Å²) in [4.78, 5) is 15.3. The average molecular weight is 619 g/mol. The van der Waals surface area contributed by atoms with Crippen molar-refractivity contribution in [3.05, 3.63) is 63.1 Å². The minimum absolute atomic E-state index is 0. The minimum atomic E-state index is -0.788. The molecule has 0 aliphatic carbocycles. The summed E-state index contributed by atoms with van der Waals surface area (Å²) in [6.07, 6.45) is 3.46. The zero-order chi connectivity index (χ0) is 22.7. The Morgan fingerprint density at radius 3 is 2.36 bits per heavy atom. The van der Waals surface area contributed by atoms with Gasteiger partial charge < -0.3 is 5.32 Å². The van der Waals surface area contributed by atoms with Gasteiger partial charge in [-0.3, -0.25) is 14.7 Å². The van der Waals surface area contributed by atoms with Crippen LogP contribution in [-0.4, -0.2) is 36.3 Å². The average Bonchev–Trinajstić information content (AvgIpc) is 3.18. The topological polar surface area (TPSA) is 71.7 Å². The summed E-state index contributed by atoms with van der Waals surface area (Å²) in [5.74, 6) is -1.14. The van der Waals surface area contributed by atoms with E-state index in [1.165, 1.54) is 6.42 Å². The van der Waals surface area contributed by atoms with Crippen LogP contribution in [0.3, 0.4) is 0 Å². The van der Waals surface area contributed by atoms with Gasteiger partial charge in [0.2, 0.25) is 0 Å². The third-order valence-corrected chi connectivity index (χ3v) is 6.53. The van der Waals surface area contributed by atoms with Gasteiger partial charge in [-0.05, 0) is 61.8 Å². The van der Waals surface area contributed by atoms with Gasteiger partial charge in [0.25, 0.3) is 5.91 Å². The molecule has 2 unspecified atom stereocenters. The summed E-state index contributed by atoms with van der Waals surface area (Å²) in [5, 5.41) is 20.6. The van der Waals surface area contributed by atoms with Gasteiger partial charge in [0.1, 0.15) is 11.6 Å². The first-order valence-corrected chi connectivity index (χ1v) is 11.6. The van der Waals surface area contributed by atoms with Crippen molar-refractivity contribution in [1.82, 2.24) is 10.2 Å². The van der Waals surface area contributed by atoms with Crippen LogP contribution in [0.2, 0.25) is 15.1 Å². The lowest BCUT2D eigenvalue weighted by Gasteiger charge is -2.27. The number of nitrogens with one attached hydrogen (secondary N) is 1. The van der Waals surface area contributed by atoms with Crippen molar-refractivity contribution >= 4 is 76.1 Å². The van der Waals surface area contributed by atoms with Gasteiger partial charge in [-0.1, -0.05) is 53.4 Å². The molecule has 2 aliphatic rings. The SMILES string of the molecule is I.N#CC1C(C(=O)NCN2CCCCC2)=NN(c2ccc(Cl)cc2Cl)C1c1ccc(Cl)cc1. The normalized spacial score (nSPS) is 20.5. The van der Waals surface area contributed by atoms with E-state index in [2.05, 4.69) is 21.4 Å². The highest BCUT2D eigenvalue weighted by molar-refractivity contribution is 14.0. The molecule has 6 nitrogen and oxygen atoms in total. The predicted octanol–water partition coefficient (Wildman–Crippen LogP) is 5.88. The summed E-state index contributed by atoms with van der Waals surface area (Å²) < 4.78 is 0. The van der Waals surface area contributed by atoms with E-state index < -0.39 is 12.0 Å². The maximum atomic E-state index is 13.1. The van der Waals surface area contributed by atoms with Crippen LogP contribution in [0.15, 0.2) is 47.6 Å². The van der Waals surface area contributed by atoms with Crippen molar-refractivity contribution < 1.29 is 4.79 Å². The molecule has 1 fully saturated rings. The molecule has 2 aromatic rings. The smallest absolute Gasteiger partial charge is 0.269 e. The molecule has 4 rings (SSSR count). The van der Waals surface area contributed by atoms with Crippen molar-refractivity contribution in [1.29, 1.82) is 5.26 Å². The highest BCUT2D eigenvalue weighted by Crippen LogP contribution is 2.42. The molecule has 2 heterocycles. The summed E-state index contributed by atoms with van der Waals surface area (Å²) in [7, 11) is 0. The van der Waals surface area contributed by atoms with Crippen molar-refractivity contribution in [2.24, 2.45) is 11.0 Å². The number of rotatable bonds is 5. The van der Waals surface area contributed by atoms with Gasteiger partial charge in [-0.15, -0.1) is 24.0 Å². The molecule has 33 heavy (non-hydrogen) atoms. The largest absolute Gasteiger partial charge is 0.338 e. The number of hydrogen-bond donors (Lipinski definition) is 1. The Hall–Kier alpha value is -1.57. The number of hydrazone groups is 1. The summed E-state index contributed by atoms with van der Waals surface area (Å²) in [6.45, 7) is 2.34.